The Kier molecular flexibility index (Phi) is 6.57. The third kappa shape index (κ3) is 5.60. The van der Waals surface area contributed by atoms with Crippen LogP contribution in [0.4, 0.5) is 0 Å². The fourth-order valence-corrected chi connectivity index (χ4v) is 2.99. The van der Waals surface area contributed by atoms with Gasteiger partial charge in [-0.25, -0.2) is 5.43 Å². The van der Waals surface area contributed by atoms with Gasteiger partial charge in [-0.15, -0.1) is 0 Å². The van der Waals surface area contributed by atoms with Crippen molar-refractivity contribution < 1.29 is 14.3 Å². The predicted octanol–water partition coefficient (Wildman–Crippen LogP) is 3.64. The SMILES string of the molecule is O=C(COc1ccc(OCc2ccccc2)cc1)N/N=C/c1cc2ccccc2[nH]c1=O. The van der Waals surface area contributed by atoms with Crippen LogP contribution in [0.5, 0.6) is 11.5 Å². The molecule has 3 aromatic carbocycles. The van der Waals surface area contributed by atoms with Crippen molar-refractivity contribution in [1.82, 2.24) is 10.4 Å². The van der Waals surface area contributed by atoms with E-state index in [2.05, 4.69) is 15.5 Å². The summed E-state index contributed by atoms with van der Waals surface area (Å²) in [6.45, 7) is 0.261. The molecule has 0 aliphatic carbocycles. The van der Waals surface area contributed by atoms with Gasteiger partial charge in [-0.1, -0.05) is 48.5 Å². The summed E-state index contributed by atoms with van der Waals surface area (Å²) in [7, 11) is 0. The van der Waals surface area contributed by atoms with Crippen LogP contribution < -0.4 is 20.5 Å². The number of nitrogens with one attached hydrogen (secondary N) is 2. The quantitative estimate of drug-likeness (QED) is 0.332. The molecular formula is C25H21N3O4. The minimum atomic E-state index is -0.442. The van der Waals surface area contributed by atoms with E-state index in [4.69, 9.17) is 9.47 Å². The van der Waals surface area contributed by atoms with Gasteiger partial charge < -0.3 is 14.5 Å². The molecule has 0 atom stereocenters. The molecule has 160 valence electrons. The van der Waals surface area contributed by atoms with E-state index in [1.54, 1.807) is 30.3 Å². The average molecular weight is 427 g/mol. The summed E-state index contributed by atoms with van der Waals surface area (Å²) in [6.07, 6.45) is 1.31. The molecule has 1 aromatic heterocycles. The van der Waals surface area contributed by atoms with E-state index < -0.39 is 5.91 Å². The van der Waals surface area contributed by atoms with Crippen LogP contribution in [0.1, 0.15) is 11.1 Å². The molecule has 4 rings (SSSR count). The van der Waals surface area contributed by atoms with Crippen molar-refractivity contribution in [3.8, 4) is 11.5 Å². The molecule has 7 nitrogen and oxygen atoms in total. The van der Waals surface area contributed by atoms with Crippen LogP contribution in [-0.2, 0) is 11.4 Å². The van der Waals surface area contributed by atoms with Crippen LogP contribution in [0.15, 0.2) is 94.8 Å². The van der Waals surface area contributed by atoms with Crippen LogP contribution in [0, 0.1) is 0 Å². The van der Waals surface area contributed by atoms with Crippen LogP contribution in [-0.4, -0.2) is 23.7 Å². The number of benzene rings is 3. The van der Waals surface area contributed by atoms with Gasteiger partial charge in [0, 0.05) is 5.52 Å². The van der Waals surface area contributed by atoms with E-state index in [-0.39, 0.29) is 12.2 Å². The first kappa shape index (κ1) is 20.9. The molecular weight excluding hydrogens is 406 g/mol. The van der Waals surface area contributed by atoms with Crippen molar-refractivity contribution in [2.75, 3.05) is 6.61 Å². The maximum absolute atomic E-state index is 12.1. The van der Waals surface area contributed by atoms with Crippen molar-refractivity contribution in [3.63, 3.8) is 0 Å². The van der Waals surface area contributed by atoms with E-state index in [0.717, 1.165) is 16.5 Å². The van der Waals surface area contributed by atoms with Gasteiger partial charge in [0.05, 0.1) is 11.8 Å². The normalized spacial score (nSPS) is 10.9. The third-order valence-corrected chi connectivity index (χ3v) is 4.62. The molecule has 32 heavy (non-hydrogen) atoms. The fraction of sp³-hybridized carbons (Fsp3) is 0.0800. The van der Waals surface area contributed by atoms with E-state index >= 15 is 0 Å². The van der Waals surface area contributed by atoms with Gasteiger partial charge in [0.15, 0.2) is 6.61 Å². The van der Waals surface area contributed by atoms with Crippen LogP contribution >= 0.6 is 0 Å². The standard InChI is InChI=1S/C25H21N3O4/c29-24(28-26-15-20-14-19-8-4-5-9-23(19)27-25(20)30)17-32-22-12-10-21(11-13-22)31-16-18-6-2-1-3-7-18/h1-15H,16-17H2,(H,27,30)(H,28,29)/b26-15+. The molecule has 2 N–H and O–H groups in total. The number of aromatic amines is 1. The molecule has 0 fully saturated rings. The van der Waals surface area contributed by atoms with Crippen LogP contribution in [0.25, 0.3) is 10.9 Å². The van der Waals surface area contributed by atoms with Gasteiger partial charge in [0.2, 0.25) is 0 Å². The zero-order valence-corrected chi connectivity index (χ0v) is 17.2. The molecule has 0 spiro atoms. The summed E-state index contributed by atoms with van der Waals surface area (Å²) in [5.74, 6) is 0.792. The van der Waals surface area contributed by atoms with Gasteiger partial charge >= 0.3 is 0 Å². The Labute approximate surface area is 184 Å². The molecule has 0 saturated heterocycles. The summed E-state index contributed by atoms with van der Waals surface area (Å²) in [5.41, 5.74) is 4.23. The highest BCUT2D eigenvalue weighted by Gasteiger charge is 2.04. The summed E-state index contributed by atoms with van der Waals surface area (Å²) >= 11 is 0. The van der Waals surface area contributed by atoms with Gasteiger partial charge in [-0.3, -0.25) is 9.59 Å². The Morgan fingerprint density at radius 2 is 1.59 bits per heavy atom. The Balaban J connectivity index is 1.25. The van der Waals surface area contributed by atoms with Gasteiger partial charge in [0.1, 0.15) is 18.1 Å². The third-order valence-electron chi connectivity index (χ3n) is 4.62. The molecule has 0 radical (unpaired) electrons. The highest BCUT2D eigenvalue weighted by molar-refractivity contribution is 5.88. The number of hydrogen-bond acceptors (Lipinski definition) is 5. The highest BCUT2D eigenvalue weighted by Crippen LogP contribution is 2.18. The Morgan fingerprint density at radius 3 is 2.38 bits per heavy atom. The minimum absolute atomic E-state index is 0.213. The van der Waals surface area contributed by atoms with Crippen LogP contribution in [0.2, 0.25) is 0 Å². The second-order valence-electron chi connectivity index (χ2n) is 6.97. The number of nitrogens with zero attached hydrogens (tertiary/aromatic N) is 1. The number of carbonyl (C=O) groups excluding carboxylic acids is 1. The Bertz CT molecular complexity index is 1280. The average Bonchev–Trinajstić information content (AvgIpc) is 2.83. The second kappa shape index (κ2) is 10.1. The second-order valence-corrected chi connectivity index (χ2v) is 6.97. The molecule has 0 aliphatic heterocycles. The largest absolute Gasteiger partial charge is 0.489 e. The van der Waals surface area contributed by atoms with Gasteiger partial charge in [-0.05, 0) is 47.3 Å². The number of rotatable bonds is 8. The Morgan fingerprint density at radius 1 is 0.906 bits per heavy atom. The number of H-pyrrole nitrogens is 1. The number of amides is 1. The smallest absolute Gasteiger partial charge is 0.277 e. The molecule has 0 saturated carbocycles. The maximum atomic E-state index is 12.1. The zero-order valence-electron chi connectivity index (χ0n) is 17.2. The maximum Gasteiger partial charge on any atom is 0.277 e. The molecule has 1 amide bonds. The van der Waals surface area contributed by atoms with E-state index in [1.807, 2.05) is 54.6 Å². The molecule has 0 unspecified atom stereocenters. The number of hydrazone groups is 1. The lowest BCUT2D eigenvalue weighted by Crippen LogP contribution is -2.25. The number of ether oxygens (including phenoxy) is 2. The lowest BCUT2D eigenvalue weighted by molar-refractivity contribution is -0.123. The number of carbonyl (C=O) groups is 1. The number of fused-ring (bicyclic) bond motifs is 1. The van der Waals surface area contributed by atoms with Gasteiger partial charge in [-0.2, -0.15) is 5.10 Å². The monoisotopic (exact) mass is 427 g/mol. The van der Waals surface area contributed by atoms with Crippen LogP contribution in [0.3, 0.4) is 0 Å². The number of hydrogen-bond donors (Lipinski definition) is 2. The first-order valence-corrected chi connectivity index (χ1v) is 10.0. The number of aromatic nitrogens is 1. The molecule has 0 aliphatic rings. The lowest BCUT2D eigenvalue weighted by atomic mass is 10.2. The van der Waals surface area contributed by atoms with E-state index in [9.17, 15) is 9.59 Å². The predicted molar refractivity (Wildman–Crippen MR) is 123 cm³/mol. The van der Waals surface area contributed by atoms with E-state index in [1.165, 1.54) is 6.21 Å². The fourth-order valence-electron chi connectivity index (χ4n) is 2.99. The molecule has 4 aromatic rings. The summed E-state index contributed by atoms with van der Waals surface area (Å²) in [4.78, 5) is 26.8. The van der Waals surface area contributed by atoms with E-state index in [0.29, 0.717) is 23.7 Å². The molecule has 0 bridgehead atoms. The zero-order chi connectivity index (χ0) is 22.2. The summed E-state index contributed by atoms with van der Waals surface area (Å²) in [5, 5.41) is 4.72. The number of para-hydroxylation sites is 1. The number of pyridine rings is 1. The first-order chi connectivity index (χ1) is 15.7. The highest BCUT2D eigenvalue weighted by atomic mass is 16.5. The van der Waals surface area contributed by atoms with Crippen molar-refractivity contribution in [1.29, 1.82) is 0 Å². The molecule has 7 heteroatoms. The summed E-state index contributed by atoms with van der Waals surface area (Å²) in [6, 6.07) is 26.0. The van der Waals surface area contributed by atoms with Crippen molar-refractivity contribution in [2.45, 2.75) is 6.61 Å². The topological polar surface area (TPSA) is 92.8 Å². The van der Waals surface area contributed by atoms with Gasteiger partial charge in [0.25, 0.3) is 11.5 Å². The van der Waals surface area contributed by atoms with Crippen molar-refractivity contribution in [3.05, 3.63) is 106 Å². The lowest BCUT2D eigenvalue weighted by Gasteiger charge is -2.08. The van der Waals surface area contributed by atoms with Crippen molar-refractivity contribution >= 4 is 23.0 Å². The van der Waals surface area contributed by atoms with Crippen molar-refractivity contribution in [2.24, 2.45) is 5.10 Å². The molecule has 1 heterocycles. The minimum Gasteiger partial charge on any atom is -0.489 e. The summed E-state index contributed by atoms with van der Waals surface area (Å²) < 4.78 is 11.2. The Hall–Kier alpha value is -4.39. The first-order valence-electron chi connectivity index (χ1n) is 10.0.